The fraction of sp³-hybridized carbons (Fsp3) is 0.143. The summed E-state index contributed by atoms with van der Waals surface area (Å²) in [6.45, 7) is 0.373. The average molecular weight is 336 g/mol. The number of halogens is 5. The highest BCUT2D eigenvalue weighted by Crippen LogP contribution is 2.36. The molecule has 0 aliphatic rings. The van der Waals surface area contributed by atoms with Crippen molar-refractivity contribution in [2.75, 3.05) is 5.32 Å². The van der Waals surface area contributed by atoms with Gasteiger partial charge in [-0.15, -0.1) is 0 Å². The van der Waals surface area contributed by atoms with Gasteiger partial charge in [0.2, 0.25) is 0 Å². The van der Waals surface area contributed by atoms with Crippen molar-refractivity contribution in [1.29, 1.82) is 0 Å². The lowest BCUT2D eigenvalue weighted by Gasteiger charge is -2.09. The van der Waals surface area contributed by atoms with Gasteiger partial charge in [0, 0.05) is 17.1 Å². The first-order chi connectivity index (χ1) is 9.83. The number of benzene rings is 2. The van der Waals surface area contributed by atoms with Crippen molar-refractivity contribution in [3.05, 3.63) is 58.9 Å². The van der Waals surface area contributed by atoms with Crippen LogP contribution >= 0.6 is 23.4 Å². The molecule has 0 spiro atoms. The SMILES string of the molecule is Fc1cc(NCc2ccc(SC(F)(F)F)cc2)ccc1Cl. The first kappa shape index (κ1) is 16.0. The molecule has 0 saturated carbocycles. The summed E-state index contributed by atoms with van der Waals surface area (Å²) in [6, 6.07) is 10.3. The van der Waals surface area contributed by atoms with E-state index in [4.69, 9.17) is 11.6 Å². The van der Waals surface area contributed by atoms with Gasteiger partial charge in [0.05, 0.1) is 5.02 Å². The van der Waals surface area contributed by atoms with E-state index in [0.717, 1.165) is 5.56 Å². The van der Waals surface area contributed by atoms with Crippen LogP contribution in [-0.4, -0.2) is 5.51 Å². The smallest absolute Gasteiger partial charge is 0.381 e. The molecule has 0 aliphatic heterocycles. The molecule has 0 unspecified atom stereocenters. The molecule has 112 valence electrons. The standard InChI is InChI=1S/C14H10ClF4NS/c15-12-6-3-10(7-13(12)16)20-8-9-1-4-11(5-2-9)21-14(17,18)19/h1-7,20H,8H2. The molecule has 2 rings (SSSR count). The predicted octanol–water partition coefficient (Wildman–Crippen LogP) is 5.70. The highest BCUT2D eigenvalue weighted by molar-refractivity contribution is 8.00. The summed E-state index contributed by atoms with van der Waals surface area (Å²) in [5.41, 5.74) is -2.96. The Morgan fingerprint density at radius 3 is 2.29 bits per heavy atom. The van der Waals surface area contributed by atoms with Crippen LogP contribution in [0.25, 0.3) is 0 Å². The van der Waals surface area contributed by atoms with Gasteiger partial charge in [-0.05, 0) is 47.7 Å². The predicted molar refractivity (Wildman–Crippen MR) is 77.1 cm³/mol. The number of rotatable bonds is 4. The van der Waals surface area contributed by atoms with Crippen molar-refractivity contribution in [1.82, 2.24) is 0 Å². The van der Waals surface area contributed by atoms with Crippen LogP contribution in [0, 0.1) is 5.82 Å². The lowest BCUT2D eigenvalue weighted by molar-refractivity contribution is -0.0328. The number of hydrogen-bond donors (Lipinski definition) is 1. The molecular weight excluding hydrogens is 326 g/mol. The van der Waals surface area contributed by atoms with Gasteiger partial charge in [0.1, 0.15) is 5.82 Å². The summed E-state index contributed by atoms with van der Waals surface area (Å²) in [6.07, 6.45) is 0. The van der Waals surface area contributed by atoms with Crippen LogP contribution in [0.1, 0.15) is 5.56 Å². The Kier molecular flexibility index (Phi) is 5.00. The maximum atomic E-state index is 13.2. The summed E-state index contributed by atoms with van der Waals surface area (Å²) in [5, 5.41) is 3.01. The zero-order valence-corrected chi connectivity index (χ0v) is 12.1. The van der Waals surface area contributed by atoms with E-state index in [1.807, 2.05) is 0 Å². The summed E-state index contributed by atoms with van der Waals surface area (Å²) in [4.78, 5) is 0.129. The minimum absolute atomic E-state index is 0.0362. The van der Waals surface area contributed by atoms with Gasteiger partial charge in [-0.1, -0.05) is 23.7 Å². The third-order valence-corrected chi connectivity index (χ3v) is 3.62. The average Bonchev–Trinajstić information content (AvgIpc) is 2.40. The normalized spacial score (nSPS) is 11.5. The summed E-state index contributed by atoms with van der Waals surface area (Å²) < 4.78 is 49.8. The van der Waals surface area contributed by atoms with Crippen LogP contribution in [-0.2, 0) is 6.54 Å². The molecule has 21 heavy (non-hydrogen) atoms. The van der Waals surface area contributed by atoms with E-state index < -0.39 is 11.3 Å². The molecule has 2 aromatic rings. The zero-order chi connectivity index (χ0) is 15.5. The second kappa shape index (κ2) is 6.58. The van der Waals surface area contributed by atoms with Gasteiger partial charge in [0.15, 0.2) is 0 Å². The van der Waals surface area contributed by atoms with Crippen molar-refractivity contribution >= 4 is 29.1 Å². The minimum Gasteiger partial charge on any atom is -0.381 e. The van der Waals surface area contributed by atoms with Crippen LogP contribution in [0.2, 0.25) is 5.02 Å². The molecule has 0 radical (unpaired) electrons. The lowest BCUT2D eigenvalue weighted by Crippen LogP contribution is -2.01. The van der Waals surface area contributed by atoms with E-state index in [0.29, 0.717) is 12.2 Å². The Morgan fingerprint density at radius 2 is 1.71 bits per heavy atom. The van der Waals surface area contributed by atoms with E-state index in [1.165, 1.54) is 24.3 Å². The molecule has 0 saturated heterocycles. The number of anilines is 1. The van der Waals surface area contributed by atoms with Gasteiger partial charge in [-0.25, -0.2) is 4.39 Å². The summed E-state index contributed by atoms with van der Waals surface area (Å²) >= 11 is 5.41. The lowest BCUT2D eigenvalue weighted by atomic mass is 10.2. The van der Waals surface area contributed by atoms with Crippen molar-refractivity contribution in [2.45, 2.75) is 16.9 Å². The second-order valence-corrected chi connectivity index (χ2v) is 5.72. The first-order valence-corrected chi connectivity index (χ1v) is 7.06. The molecular formula is C14H10ClF4NS. The summed E-state index contributed by atoms with van der Waals surface area (Å²) in [7, 11) is 0. The molecule has 1 N–H and O–H groups in total. The monoisotopic (exact) mass is 335 g/mol. The van der Waals surface area contributed by atoms with Gasteiger partial charge in [0.25, 0.3) is 0 Å². The molecule has 7 heteroatoms. The van der Waals surface area contributed by atoms with Crippen molar-refractivity contribution in [3.8, 4) is 0 Å². The van der Waals surface area contributed by atoms with Crippen LogP contribution < -0.4 is 5.32 Å². The molecule has 0 fully saturated rings. The summed E-state index contributed by atoms with van der Waals surface area (Å²) in [5.74, 6) is -0.529. The van der Waals surface area contributed by atoms with Crippen LogP contribution in [0.3, 0.4) is 0 Å². The Hall–Kier alpha value is -1.40. The maximum absolute atomic E-state index is 13.2. The van der Waals surface area contributed by atoms with Gasteiger partial charge in [-0.3, -0.25) is 0 Å². The molecule has 2 aromatic carbocycles. The Bertz CT molecular complexity index is 613. The highest BCUT2D eigenvalue weighted by Gasteiger charge is 2.28. The fourth-order valence-electron chi connectivity index (χ4n) is 1.62. The van der Waals surface area contributed by atoms with Crippen molar-refractivity contribution in [2.24, 2.45) is 0 Å². The Morgan fingerprint density at radius 1 is 1.05 bits per heavy atom. The largest absolute Gasteiger partial charge is 0.446 e. The number of nitrogens with one attached hydrogen (secondary N) is 1. The van der Waals surface area contributed by atoms with Crippen molar-refractivity contribution < 1.29 is 17.6 Å². The van der Waals surface area contributed by atoms with E-state index >= 15 is 0 Å². The van der Waals surface area contributed by atoms with E-state index in [9.17, 15) is 17.6 Å². The van der Waals surface area contributed by atoms with Crippen LogP contribution in [0.15, 0.2) is 47.4 Å². The zero-order valence-electron chi connectivity index (χ0n) is 10.5. The molecule has 0 heterocycles. The third kappa shape index (κ3) is 5.13. The van der Waals surface area contributed by atoms with Crippen LogP contribution in [0.5, 0.6) is 0 Å². The van der Waals surface area contributed by atoms with E-state index in [1.54, 1.807) is 18.2 Å². The van der Waals surface area contributed by atoms with Crippen LogP contribution in [0.4, 0.5) is 23.2 Å². The van der Waals surface area contributed by atoms with E-state index in [-0.39, 0.29) is 21.7 Å². The number of thioether (sulfide) groups is 1. The molecule has 0 atom stereocenters. The quantitative estimate of drug-likeness (QED) is 0.568. The molecule has 0 aliphatic carbocycles. The number of alkyl halides is 3. The van der Waals surface area contributed by atoms with E-state index in [2.05, 4.69) is 5.32 Å². The Balaban J connectivity index is 1.96. The molecule has 0 bridgehead atoms. The first-order valence-electron chi connectivity index (χ1n) is 5.87. The molecule has 0 amide bonds. The van der Waals surface area contributed by atoms with Gasteiger partial charge >= 0.3 is 5.51 Å². The minimum atomic E-state index is -4.29. The maximum Gasteiger partial charge on any atom is 0.446 e. The van der Waals surface area contributed by atoms with Crippen molar-refractivity contribution in [3.63, 3.8) is 0 Å². The van der Waals surface area contributed by atoms with Gasteiger partial charge < -0.3 is 5.32 Å². The topological polar surface area (TPSA) is 12.0 Å². The third-order valence-electron chi connectivity index (χ3n) is 2.57. The highest BCUT2D eigenvalue weighted by atomic mass is 35.5. The van der Waals surface area contributed by atoms with Gasteiger partial charge in [-0.2, -0.15) is 13.2 Å². The molecule has 0 aromatic heterocycles. The molecule has 1 nitrogen and oxygen atoms in total. The Labute approximate surface area is 128 Å². The fourth-order valence-corrected chi connectivity index (χ4v) is 2.28. The number of hydrogen-bond acceptors (Lipinski definition) is 2. The second-order valence-electron chi connectivity index (χ2n) is 4.17.